The van der Waals surface area contributed by atoms with Crippen molar-refractivity contribution in [3.63, 3.8) is 0 Å². The fraction of sp³-hybridized carbons (Fsp3) is 0.595. The van der Waals surface area contributed by atoms with E-state index in [0.29, 0.717) is 11.0 Å². The van der Waals surface area contributed by atoms with Crippen LogP contribution >= 0.6 is 7.82 Å². The number of hydrogen-bond acceptors (Lipinski definition) is 7. The van der Waals surface area contributed by atoms with Crippen molar-refractivity contribution in [3.05, 3.63) is 97.2 Å². The number of aliphatic hydroxyl groups excluding tert-OH is 1. The average Bonchev–Trinajstić information content (AvgIpc) is 3.08. The molecule has 0 aliphatic rings. The lowest BCUT2D eigenvalue weighted by Gasteiger charge is -2.27. The molecule has 2 atom stereocenters. The van der Waals surface area contributed by atoms with Crippen LogP contribution in [0, 0.1) is 0 Å². The first-order valence-electron chi connectivity index (χ1n) is 19.0. The average molecular weight is 732 g/mol. The van der Waals surface area contributed by atoms with Crippen LogP contribution in [0.1, 0.15) is 110 Å². The molecule has 0 saturated heterocycles. The molecule has 0 aliphatic heterocycles. The van der Waals surface area contributed by atoms with Crippen molar-refractivity contribution in [3.8, 4) is 0 Å². The van der Waals surface area contributed by atoms with Gasteiger partial charge in [0, 0.05) is 6.42 Å². The Labute approximate surface area is 311 Å². The highest BCUT2D eigenvalue weighted by Crippen LogP contribution is 2.38. The van der Waals surface area contributed by atoms with Crippen LogP contribution in [0.5, 0.6) is 0 Å². The summed E-state index contributed by atoms with van der Waals surface area (Å²) in [7, 11) is 1.22. The topological polar surface area (TPSA) is 105 Å². The number of nitrogens with zero attached hydrogens (tertiary/aromatic N) is 1. The third kappa shape index (κ3) is 40.1. The minimum atomic E-state index is -4.51. The molecular weight excluding hydrogens is 661 g/mol. The van der Waals surface area contributed by atoms with E-state index in [1.807, 2.05) is 21.1 Å². The molecule has 0 heterocycles. The van der Waals surface area contributed by atoms with Gasteiger partial charge in [0.2, 0.25) is 0 Å². The quantitative estimate of drug-likeness (QED) is 0.0236. The fourth-order valence-corrected chi connectivity index (χ4v) is 5.11. The summed E-state index contributed by atoms with van der Waals surface area (Å²) < 4.78 is 26.8. The number of carbonyl (C=O) groups is 1. The zero-order chi connectivity index (χ0) is 37.7. The smallest absolute Gasteiger partial charge is 0.305 e. The van der Waals surface area contributed by atoms with Crippen LogP contribution in [0.15, 0.2) is 97.2 Å². The third-order valence-corrected chi connectivity index (χ3v) is 8.31. The van der Waals surface area contributed by atoms with Gasteiger partial charge in [-0.2, -0.15) is 0 Å². The summed E-state index contributed by atoms with van der Waals surface area (Å²) in [5.41, 5.74) is 0. The number of esters is 1. The van der Waals surface area contributed by atoms with Crippen LogP contribution in [0.3, 0.4) is 0 Å². The lowest BCUT2D eigenvalue weighted by atomic mass is 10.1. The summed E-state index contributed by atoms with van der Waals surface area (Å²) in [5, 5.41) is 9.87. The van der Waals surface area contributed by atoms with Crippen LogP contribution in [-0.4, -0.2) is 69.2 Å². The number of aliphatic hydroxyl groups is 1. The zero-order valence-electron chi connectivity index (χ0n) is 32.2. The molecule has 0 rings (SSSR count). The van der Waals surface area contributed by atoms with Gasteiger partial charge < -0.3 is 28.3 Å². The maximum atomic E-state index is 11.9. The molecule has 0 aliphatic carbocycles. The largest absolute Gasteiger partial charge is 0.756 e. The second-order valence-electron chi connectivity index (χ2n) is 13.4. The number of allylic oxidation sites excluding steroid dienone is 16. The molecule has 0 saturated carbocycles. The fourth-order valence-electron chi connectivity index (χ4n) is 4.37. The van der Waals surface area contributed by atoms with Gasteiger partial charge in [-0.15, -0.1) is 0 Å². The number of likely N-dealkylation sites (N-methyl/N-ethyl adjacent to an activating group) is 1. The first kappa shape index (κ1) is 48.4. The molecule has 290 valence electrons. The van der Waals surface area contributed by atoms with Crippen molar-refractivity contribution in [2.24, 2.45) is 0 Å². The molecular formula is C42H70NO7P. The van der Waals surface area contributed by atoms with Gasteiger partial charge in [0.25, 0.3) is 7.82 Å². The van der Waals surface area contributed by atoms with Crippen LogP contribution < -0.4 is 4.89 Å². The van der Waals surface area contributed by atoms with E-state index in [1.54, 1.807) is 0 Å². The lowest BCUT2D eigenvalue weighted by Crippen LogP contribution is -2.37. The first-order chi connectivity index (χ1) is 24.6. The molecule has 2 unspecified atom stereocenters. The number of rotatable bonds is 33. The predicted molar refractivity (Wildman–Crippen MR) is 212 cm³/mol. The lowest BCUT2D eigenvalue weighted by molar-refractivity contribution is -0.870. The number of carbonyl (C=O) groups excluding carboxylic acids is 1. The first-order valence-corrected chi connectivity index (χ1v) is 20.5. The van der Waals surface area contributed by atoms with Crippen molar-refractivity contribution < 1.29 is 37.6 Å². The Balaban J connectivity index is 3.63. The molecule has 1 N–H and O–H groups in total. The monoisotopic (exact) mass is 731 g/mol. The maximum absolute atomic E-state index is 11.9. The standard InChI is InChI=1S/C42H70NO7P/c1-5-6-7-8-9-10-11-12-13-14-15-16-17-18-19-20-21-22-23-24-25-26-27-28-29-30-31-32-33-34-35-36-42(45)48-39-41(44)40-50-51(46,47)49-38-37-43(2,3)4/h6-7,9-10,12-13,15-16,18-19,21-22,24-25,27-28,41,44H,5,8,11,14,17,20,23,26,29-40H2,1-4H3/b7-6-,10-9-,13-12-,16-15-,19-18-,22-21-,25-24-,28-27-. The highest BCUT2D eigenvalue weighted by Gasteiger charge is 2.16. The van der Waals surface area contributed by atoms with Crippen LogP contribution in [0.2, 0.25) is 0 Å². The molecule has 0 aromatic carbocycles. The third-order valence-electron chi connectivity index (χ3n) is 7.35. The van der Waals surface area contributed by atoms with E-state index in [1.165, 1.54) is 6.42 Å². The van der Waals surface area contributed by atoms with E-state index in [4.69, 9.17) is 9.26 Å². The Kier molecular flexibility index (Phi) is 32.8. The molecule has 51 heavy (non-hydrogen) atoms. The molecule has 0 bridgehead atoms. The highest BCUT2D eigenvalue weighted by molar-refractivity contribution is 7.45. The number of ether oxygens (including phenoxy) is 1. The van der Waals surface area contributed by atoms with E-state index in [0.717, 1.165) is 89.9 Å². The Morgan fingerprint density at radius 2 is 1.04 bits per heavy atom. The summed E-state index contributed by atoms with van der Waals surface area (Å²) >= 11 is 0. The second kappa shape index (κ2) is 34.5. The molecule has 0 spiro atoms. The van der Waals surface area contributed by atoms with Crippen molar-refractivity contribution in [2.45, 2.75) is 116 Å². The van der Waals surface area contributed by atoms with Gasteiger partial charge in [0.05, 0.1) is 27.7 Å². The molecule has 0 fully saturated rings. The minimum Gasteiger partial charge on any atom is -0.756 e. The van der Waals surface area contributed by atoms with Crippen molar-refractivity contribution in [2.75, 3.05) is 47.5 Å². The van der Waals surface area contributed by atoms with Crippen molar-refractivity contribution in [1.82, 2.24) is 0 Å². The Bertz CT molecular complexity index is 1130. The van der Waals surface area contributed by atoms with Gasteiger partial charge in [-0.3, -0.25) is 9.36 Å². The van der Waals surface area contributed by atoms with E-state index in [2.05, 4.69) is 109 Å². The number of phosphoric ester groups is 1. The molecule has 8 nitrogen and oxygen atoms in total. The van der Waals surface area contributed by atoms with Crippen molar-refractivity contribution >= 4 is 13.8 Å². The molecule has 0 radical (unpaired) electrons. The summed E-state index contributed by atoms with van der Waals surface area (Å²) in [5.74, 6) is -0.407. The highest BCUT2D eigenvalue weighted by atomic mass is 31.2. The normalized spacial score (nSPS) is 15.0. The van der Waals surface area contributed by atoms with Gasteiger partial charge >= 0.3 is 5.97 Å². The number of unbranched alkanes of at least 4 members (excludes halogenated alkanes) is 6. The SMILES string of the molecule is CC/C=C\C/C=C\C/C=C\C/C=C\C/C=C\C/C=C\C/C=C\C/C=C\CCCCCCCCC(=O)OCC(O)COP(=O)([O-])OCC[N+](C)(C)C. The Hall–Kier alpha value is -2.58. The van der Waals surface area contributed by atoms with E-state index in [-0.39, 0.29) is 19.6 Å². The zero-order valence-corrected chi connectivity index (χ0v) is 33.1. The van der Waals surface area contributed by atoms with E-state index in [9.17, 15) is 19.4 Å². The van der Waals surface area contributed by atoms with Gasteiger partial charge in [-0.1, -0.05) is 130 Å². The predicted octanol–water partition coefficient (Wildman–Crippen LogP) is 9.81. The summed E-state index contributed by atoms with van der Waals surface area (Å²) in [4.78, 5) is 23.7. The summed E-state index contributed by atoms with van der Waals surface area (Å²) in [6.07, 6.45) is 49.9. The second-order valence-corrected chi connectivity index (χ2v) is 14.8. The van der Waals surface area contributed by atoms with Gasteiger partial charge in [0.1, 0.15) is 25.9 Å². The number of hydrogen-bond donors (Lipinski definition) is 1. The van der Waals surface area contributed by atoms with Gasteiger partial charge in [-0.25, -0.2) is 0 Å². The maximum Gasteiger partial charge on any atom is 0.305 e. The molecule has 0 amide bonds. The van der Waals surface area contributed by atoms with Crippen LogP contribution in [0.4, 0.5) is 0 Å². The van der Waals surface area contributed by atoms with Crippen LogP contribution in [0.25, 0.3) is 0 Å². The minimum absolute atomic E-state index is 0.0163. The molecule has 9 heteroatoms. The van der Waals surface area contributed by atoms with E-state index < -0.39 is 26.5 Å². The van der Waals surface area contributed by atoms with Gasteiger partial charge in [0.15, 0.2) is 0 Å². The van der Waals surface area contributed by atoms with Gasteiger partial charge in [-0.05, 0) is 70.6 Å². The van der Waals surface area contributed by atoms with E-state index >= 15 is 0 Å². The molecule has 0 aromatic heterocycles. The number of phosphoric acid groups is 1. The summed E-state index contributed by atoms with van der Waals surface area (Å²) in [6, 6.07) is 0. The number of quaternary nitrogens is 1. The molecule has 0 aromatic rings. The summed E-state index contributed by atoms with van der Waals surface area (Å²) in [6.45, 7) is 1.79. The Morgan fingerprint density at radius 3 is 1.49 bits per heavy atom. The Morgan fingerprint density at radius 1 is 0.627 bits per heavy atom. The van der Waals surface area contributed by atoms with Crippen LogP contribution in [-0.2, 0) is 23.1 Å². The van der Waals surface area contributed by atoms with Crippen molar-refractivity contribution in [1.29, 1.82) is 0 Å².